The number of ether oxygens (including phenoxy) is 3. The van der Waals surface area contributed by atoms with Gasteiger partial charge in [-0.1, -0.05) is 13.8 Å². The molecule has 0 N–H and O–H groups in total. The van der Waals surface area contributed by atoms with Gasteiger partial charge in [-0.3, -0.25) is 14.4 Å². The molecule has 6 heteroatoms. The second kappa shape index (κ2) is 7.26. The van der Waals surface area contributed by atoms with Crippen LogP contribution in [0.5, 0.6) is 0 Å². The van der Waals surface area contributed by atoms with E-state index in [9.17, 15) is 14.4 Å². The van der Waals surface area contributed by atoms with Gasteiger partial charge in [-0.15, -0.1) is 0 Å². The highest BCUT2D eigenvalue weighted by molar-refractivity contribution is 5.76. The van der Waals surface area contributed by atoms with Crippen LogP contribution in [0.1, 0.15) is 41.5 Å². The van der Waals surface area contributed by atoms with Gasteiger partial charge in [-0.05, 0) is 13.8 Å². The van der Waals surface area contributed by atoms with E-state index in [0.717, 1.165) is 0 Å². The number of esters is 3. The van der Waals surface area contributed by atoms with Crippen molar-refractivity contribution in [3.8, 4) is 0 Å². The van der Waals surface area contributed by atoms with Gasteiger partial charge in [0, 0.05) is 19.3 Å². The maximum absolute atomic E-state index is 11.9. The third-order valence-electron chi connectivity index (χ3n) is 2.45. The van der Waals surface area contributed by atoms with Crippen LogP contribution in [-0.2, 0) is 28.6 Å². The number of hydrogen-bond donors (Lipinski definition) is 0. The van der Waals surface area contributed by atoms with Crippen molar-refractivity contribution in [2.75, 3.05) is 19.8 Å². The summed E-state index contributed by atoms with van der Waals surface area (Å²) in [4.78, 5) is 33.5. The quantitative estimate of drug-likeness (QED) is 0.524. The van der Waals surface area contributed by atoms with Gasteiger partial charge in [-0.25, -0.2) is 0 Å². The molecule has 0 rings (SSSR count). The molecule has 0 atom stereocenters. The fraction of sp³-hybridized carbons (Fsp3) is 0.786. The van der Waals surface area contributed by atoms with E-state index in [1.165, 1.54) is 13.8 Å². The van der Waals surface area contributed by atoms with E-state index in [-0.39, 0.29) is 25.8 Å². The largest absolute Gasteiger partial charge is 0.465 e. The van der Waals surface area contributed by atoms with Crippen molar-refractivity contribution < 1.29 is 28.6 Å². The molecule has 0 fully saturated rings. The maximum Gasteiger partial charge on any atom is 0.315 e. The van der Waals surface area contributed by atoms with Crippen LogP contribution in [0, 0.1) is 10.8 Å². The predicted molar refractivity (Wildman–Crippen MR) is 71.8 cm³/mol. The number of hydrogen-bond acceptors (Lipinski definition) is 6. The molecule has 0 aliphatic carbocycles. The van der Waals surface area contributed by atoms with Crippen molar-refractivity contribution in [1.82, 2.24) is 0 Å². The molecule has 0 aromatic carbocycles. The van der Waals surface area contributed by atoms with Gasteiger partial charge in [0.25, 0.3) is 0 Å². The van der Waals surface area contributed by atoms with Crippen LogP contribution in [0.3, 0.4) is 0 Å². The summed E-state index contributed by atoms with van der Waals surface area (Å²) in [6.45, 7) is 9.77. The molecule has 6 nitrogen and oxygen atoms in total. The minimum atomic E-state index is -0.914. The van der Waals surface area contributed by atoms with Crippen LogP contribution in [0.4, 0.5) is 0 Å². The Labute approximate surface area is 119 Å². The second-order valence-corrected chi connectivity index (χ2v) is 6.18. The van der Waals surface area contributed by atoms with Crippen molar-refractivity contribution in [3.05, 3.63) is 0 Å². The molecule has 116 valence electrons. The molecular formula is C14H24O6. The van der Waals surface area contributed by atoms with Crippen LogP contribution < -0.4 is 0 Å². The van der Waals surface area contributed by atoms with Gasteiger partial charge in [0.2, 0.25) is 0 Å². The lowest BCUT2D eigenvalue weighted by molar-refractivity contribution is -0.164. The van der Waals surface area contributed by atoms with E-state index >= 15 is 0 Å². The molecule has 0 aromatic rings. The summed E-state index contributed by atoms with van der Waals surface area (Å²) in [6, 6.07) is 0. The van der Waals surface area contributed by atoms with Gasteiger partial charge >= 0.3 is 17.9 Å². The smallest absolute Gasteiger partial charge is 0.315 e. The fourth-order valence-corrected chi connectivity index (χ4v) is 1.14. The van der Waals surface area contributed by atoms with E-state index in [0.29, 0.717) is 0 Å². The molecule has 0 spiro atoms. The molecule has 0 amide bonds. The molecule has 0 unspecified atom stereocenters. The molecule has 20 heavy (non-hydrogen) atoms. The molecule has 0 aliphatic rings. The number of rotatable bonds is 7. The highest BCUT2D eigenvalue weighted by Crippen LogP contribution is 2.22. The fourth-order valence-electron chi connectivity index (χ4n) is 1.14. The van der Waals surface area contributed by atoms with Gasteiger partial charge in [0.1, 0.15) is 6.61 Å². The molecule has 0 saturated heterocycles. The van der Waals surface area contributed by atoms with Crippen LogP contribution in [0.15, 0.2) is 0 Å². The summed E-state index contributed by atoms with van der Waals surface area (Å²) in [6.07, 6.45) is 0. The van der Waals surface area contributed by atoms with Gasteiger partial charge in [-0.2, -0.15) is 0 Å². The average Bonchev–Trinajstić information content (AvgIpc) is 2.31. The van der Waals surface area contributed by atoms with E-state index in [2.05, 4.69) is 0 Å². The van der Waals surface area contributed by atoms with Gasteiger partial charge < -0.3 is 14.2 Å². The Morgan fingerprint density at radius 2 is 1.15 bits per heavy atom. The highest BCUT2D eigenvalue weighted by atomic mass is 16.6. The monoisotopic (exact) mass is 288 g/mol. The Morgan fingerprint density at radius 3 is 1.60 bits per heavy atom. The second-order valence-electron chi connectivity index (χ2n) is 6.18. The first-order chi connectivity index (χ1) is 8.96. The van der Waals surface area contributed by atoms with E-state index in [1.807, 2.05) is 13.8 Å². The summed E-state index contributed by atoms with van der Waals surface area (Å²) < 4.78 is 14.9. The van der Waals surface area contributed by atoms with E-state index in [1.54, 1.807) is 13.8 Å². The zero-order chi connectivity index (χ0) is 16.0. The van der Waals surface area contributed by atoms with Gasteiger partial charge in [0.15, 0.2) is 0 Å². The van der Waals surface area contributed by atoms with Crippen LogP contribution in [0.2, 0.25) is 0 Å². The minimum absolute atomic E-state index is 0.0362. The lowest BCUT2D eigenvalue weighted by Gasteiger charge is -2.27. The number of carbonyl (C=O) groups is 3. The van der Waals surface area contributed by atoms with Crippen molar-refractivity contribution >= 4 is 17.9 Å². The molecule has 0 saturated carbocycles. The summed E-state index contributed by atoms with van der Waals surface area (Å²) in [5.41, 5.74) is -1.39. The standard InChI is InChI=1S/C14H24O6/c1-10(15)18-7-13(3,4)8-20-12(17)14(5,6)9-19-11(2)16/h7-9H2,1-6H3. The van der Waals surface area contributed by atoms with Crippen LogP contribution in [0.25, 0.3) is 0 Å². The minimum Gasteiger partial charge on any atom is -0.465 e. The van der Waals surface area contributed by atoms with Crippen molar-refractivity contribution in [2.45, 2.75) is 41.5 Å². The normalized spacial score (nSPS) is 11.7. The summed E-state index contributed by atoms with van der Waals surface area (Å²) >= 11 is 0. The first kappa shape index (κ1) is 18.4. The Bertz CT molecular complexity index is 370. The van der Waals surface area contributed by atoms with Crippen LogP contribution >= 0.6 is 0 Å². The first-order valence-electron chi connectivity index (χ1n) is 6.40. The lowest BCUT2D eigenvalue weighted by Crippen LogP contribution is -2.36. The Kier molecular flexibility index (Phi) is 6.68. The molecule has 0 aliphatic heterocycles. The molecular weight excluding hydrogens is 264 g/mol. The summed E-state index contributed by atoms with van der Waals surface area (Å²) in [5.74, 6) is -1.28. The zero-order valence-corrected chi connectivity index (χ0v) is 13.1. The Hall–Kier alpha value is -1.59. The van der Waals surface area contributed by atoms with Crippen molar-refractivity contribution in [1.29, 1.82) is 0 Å². The zero-order valence-electron chi connectivity index (χ0n) is 13.1. The van der Waals surface area contributed by atoms with Crippen LogP contribution in [-0.4, -0.2) is 37.7 Å². The van der Waals surface area contributed by atoms with Gasteiger partial charge in [0.05, 0.1) is 18.6 Å². The summed E-state index contributed by atoms with van der Waals surface area (Å²) in [7, 11) is 0. The predicted octanol–water partition coefficient (Wildman–Crippen LogP) is 1.71. The van der Waals surface area contributed by atoms with Crippen molar-refractivity contribution in [3.63, 3.8) is 0 Å². The van der Waals surface area contributed by atoms with Crippen molar-refractivity contribution in [2.24, 2.45) is 10.8 Å². The first-order valence-corrected chi connectivity index (χ1v) is 6.40. The Balaban J connectivity index is 4.31. The van der Waals surface area contributed by atoms with E-state index in [4.69, 9.17) is 14.2 Å². The molecule has 0 aromatic heterocycles. The third-order valence-corrected chi connectivity index (χ3v) is 2.45. The summed E-state index contributed by atoms with van der Waals surface area (Å²) in [5, 5.41) is 0. The lowest BCUT2D eigenvalue weighted by atomic mass is 9.93. The average molecular weight is 288 g/mol. The SMILES string of the molecule is CC(=O)OCC(C)(C)COC(=O)C(C)(C)COC(C)=O. The molecule has 0 radical (unpaired) electrons. The topological polar surface area (TPSA) is 78.9 Å². The molecule has 0 heterocycles. The molecule has 0 bridgehead atoms. The number of carbonyl (C=O) groups excluding carboxylic acids is 3. The third kappa shape index (κ3) is 7.76. The van der Waals surface area contributed by atoms with E-state index < -0.39 is 22.8 Å². The Morgan fingerprint density at radius 1 is 0.750 bits per heavy atom. The maximum atomic E-state index is 11.9. The highest BCUT2D eigenvalue weighted by Gasteiger charge is 2.33.